The van der Waals surface area contributed by atoms with Crippen LogP contribution in [-0.2, 0) is 0 Å². The van der Waals surface area contributed by atoms with Gasteiger partial charge in [-0.05, 0) is 99.8 Å². The van der Waals surface area contributed by atoms with Crippen LogP contribution in [0.4, 0.5) is 0 Å². The summed E-state index contributed by atoms with van der Waals surface area (Å²) in [5.41, 5.74) is 2.53. The molecule has 0 aromatic heterocycles. The van der Waals surface area contributed by atoms with Crippen molar-refractivity contribution in [1.29, 1.82) is 0 Å². The first-order chi connectivity index (χ1) is 11.4. The molecule has 0 aromatic carbocycles. The zero-order valence-corrected chi connectivity index (χ0v) is 16.1. The molecule has 4 aliphatic carbocycles. The van der Waals surface area contributed by atoms with Crippen molar-refractivity contribution < 1.29 is 5.11 Å². The molecular weight excluding hydrogens is 294 g/mol. The third-order valence-electron chi connectivity index (χ3n) is 9.21. The Morgan fingerprint density at radius 1 is 1.12 bits per heavy atom. The molecule has 0 radical (unpaired) electrons. The monoisotopic (exact) mass is 331 g/mol. The van der Waals surface area contributed by atoms with Crippen LogP contribution in [0.15, 0.2) is 11.6 Å². The molecule has 8 atom stereocenters. The highest BCUT2D eigenvalue weighted by atomic mass is 16.3. The zero-order valence-electron chi connectivity index (χ0n) is 16.1. The molecule has 3 saturated carbocycles. The summed E-state index contributed by atoms with van der Waals surface area (Å²) in [7, 11) is 2.14. The Balaban J connectivity index is 1.63. The van der Waals surface area contributed by atoms with Gasteiger partial charge in [-0.15, -0.1) is 0 Å². The molecule has 2 N–H and O–H groups in total. The van der Waals surface area contributed by atoms with Gasteiger partial charge in [-0.1, -0.05) is 25.5 Å². The Labute approximate surface area is 148 Å². The van der Waals surface area contributed by atoms with Crippen LogP contribution in [0.25, 0.3) is 0 Å². The fourth-order valence-corrected chi connectivity index (χ4v) is 7.70. The molecule has 136 valence electrons. The molecule has 0 saturated heterocycles. The van der Waals surface area contributed by atoms with E-state index in [2.05, 4.69) is 39.2 Å². The Kier molecular flexibility index (Phi) is 4.16. The predicted octanol–water partition coefficient (Wildman–Crippen LogP) is 4.53. The molecular formula is C22H37NO. The number of hydrogen-bond acceptors (Lipinski definition) is 2. The lowest BCUT2D eigenvalue weighted by Gasteiger charge is -2.58. The van der Waals surface area contributed by atoms with Gasteiger partial charge in [0.1, 0.15) is 0 Å². The maximum atomic E-state index is 10.1. The fourth-order valence-electron chi connectivity index (χ4n) is 7.70. The van der Waals surface area contributed by atoms with Gasteiger partial charge in [0.15, 0.2) is 0 Å². The van der Waals surface area contributed by atoms with Crippen molar-refractivity contribution >= 4 is 0 Å². The van der Waals surface area contributed by atoms with Crippen molar-refractivity contribution in [3.8, 4) is 0 Å². The molecule has 24 heavy (non-hydrogen) atoms. The van der Waals surface area contributed by atoms with E-state index in [0.717, 1.165) is 36.5 Å². The highest BCUT2D eigenvalue weighted by Gasteiger charge is 2.59. The normalized spacial score (nSPS) is 52.0. The Hall–Kier alpha value is -0.340. The standard InChI is InChI=1S/C22H37NO/c1-14(23-4)18-7-8-19-17-6-5-15-13-16(24)9-11-21(15,2)20(17)10-12-22(18,19)3/h5,14,16-20,23-24H,6-13H2,1-4H3/t14?,16-,17?,18?,19?,20?,21-,22+/m0/s1. The van der Waals surface area contributed by atoms with Gasteiger partial charge in [-0.2, -0.15) is 0 Å². The first-order valence-corrected chi connectivity index (χ1v) is 10.4. The van der Waals surface area contributed by atoms with Gasteiger partial charge in [0.25, 0.3) is 0 Å². The van der Waals surface area contributed by atoms with Crippen LogP contribution in [0.5, 0.6) is 0 Å². The SMILES string of the molecule is CNC(C)C1CCC2C3CC=C4C[C@@H](O)CC[C@]4(C)C3CC[C@]12C. The summed E-state index contributed by atoms with van der Waals surface area (Å²) < 4.78 is 0. The lowest BCUT2D eigenvalue weighted by molar-refractivity contribution is -0.0532. The number of nitrogens with one attached hydrogen (secondary N) is 1. The third-order valence-corrected chi connectivity index (χ3v) is 9.21. The van der Waals surface area contributed by atoms with Gasteiger partial charge >= 0.3 is 0 Å². The third kappa shape index (κ3) is 2.28. The summed E-state index contributed by atoms with van der Waals surface area (Å²) in [5.74, 6) is 3.52. The van der Waals surface area contributed by atoms with Crippen molar-refractivity contribution in [2.24, 2.45) is 34.5 Å². The number of rotatable bonds is 2. The van der Waals surface area contributed by atoms with E-state index in [9.17, 15) is 5.11 Å². The highest BCUT2D eigenvalue weighted by molar-refractivity contribution is 5.25. The smallest absolute Gasteiger partial charge is 0.0577 e. The van der Waals surface area contributed by atoms with E-state index in [1.165, 1.54) is 38.5 Å². The van der Waals surface area contributed by atoms with E-state index in [1.807, 2.05) is 0 Å². The Bertz CT molecular complexity index is 528. The fraction of sp³-hybridized carbons (Fsp3) is 0.909. The van der Waals surface area contributed by atoms with E-state index in [1.54, 1.807) is 5.57 Å². The number of aliphatic hydroxyl groups is 1. The molecule has 0 bridgehead atoms. The minimum Gasteiger partial charge on any atom is -0.393 e. The van der Waals surface area contributed by atoms with E-state index < -0.39 is 0 Å². The van der Waals surface area contributed by atoms with Gasteiger partial charge in [-0.25, -0.2) is 0 Å². The molecule has 2 heteroatoms. The Morgan fingerprint density at radius 3 is 2.67 bits per heavy atom. The molecule has 0 spiro atoms. The minimum absolute atomic E-state index is 0.0814. The number of allylic oxidation sites excluding steroid dienone is 1. The second-order valence-corrected chi connectivity index (χ2v) is 9.96. The van der Waals surface area contributed by atoms with E-state index in [-0.39, 0.29) is 6.10 Å². The van der Waals surface area contributed by atoms with Crippen LogP contribution in [0.1, 0.15) is 72.1 Å². The molecule has 5 unspecified atom stereocenters. The van der Waals surface area contributed by atoms with E-state index >= 15 is 0 Å². The first kappa shape index (κ1) is 17.1. The van der Waals surface area contributed by atoms with Crippen LogP contribution in [0, 0.1) is 34.5 Å². The Morgan fingerprint density at radius 2 is 1.92 bits per heavy atom. The van der Waals surface area contributed by atoms with Crippen molar-refractivity contribution in [3.63, 3.8) is 0 Å². The molecule has 0 aromatic rings. The molecule has 0 amide bonds. The summed E-state index contributed by atoms with van der Waals surface area (Å²) in [6, 6.07) is 0.645. The number of fused-ring (bicyclic) bond motifs is 5. The van der Waals surface area contributed by atoms with Crippen LogP contribution < -0.4 is 5.32 Å². The minimum atomic E-state index is -0.0814. The van der Waals surface area contributed by atoms with Crippen LogP contribution in [0.3, 0.4) is 0 Å². The lowest BCUT2D eigenvalue weighted by atomic mass is 9.47. The maximum absolute atomic E-state index is 10.1. The molecule has 0 aliphatic heterocycles. The molecule has 0 heterocycles. The van der Waals surface area contributed by atoms with Crippen LogP contribution in [-0.4, -0.2) is 24.3 Å². The summed E-state index contributed by atoms with van der Waals surface area (Å²) in [6.45, 7) is 7.55. The summed E-state index contributed by atoms with van der Waals surface area (Å²) >= 11 is 0. The quantitative estimate of drug-likeness (QED) is 0.728. The van der Waals surface area contributed by atoms with Gasteiger partial charge < -0.3 is 10.4 Å². The average Bonchev–Trinajstić information content (AvgIpc) is 2.92. The average molecular weight is 332 g/mol. The van der Waals surface area contributed by atoms with Gasteiger partial charge in [0.2, 0.25) is 0 Å². The van der Waals surface area contributed by atoms with Crippen molar-refractivity contribution in [3.05, 3.63) is 11.6 Å². The summed E-state index contributed by atoms with van der Waals surface area (Å²) in [6.07, 6.45) is 12.6. The summed E-state index contributed by atoms with van der Waals surface area (Å²) in [4.78, 5) is 0. The molecule has 4 aliphatic rings. The molecule has 4 rings (SSSR count). The first-order valence-electron chi connectivity index (χ1n) is 10.4. The largest absolute Gasteiger partial charge is 0.393 e. The van der Waals surface area contributed by atoms with E-state index in [0.29, 0.717) is 16.9 Å². The second kappa shape index (κ2) is 5.84. The second-order valence-electron chi connectivity index (χ2n) is 9.96. The van der Waals surface area contributed by atoms with Crippen LogP contribution in [0.2, 0.25) is 0 Å². The predicted molar refractivity (Wildman–Crippen MR) is 99.7 cm³/mol. The van der Waals surface area contributed by atoms with Crippen LogP contribution >= 0.6 is 0 Å². The lowest BCUT2D eigenvalue weighted by Crippen LogP contribution is -2.52. The van der Waals surface area contributed by atoms with E-state index in [4.69, 9.17) is 0 Å². The van der Waals surface area contributed by atoms with Crippen molar-refractivity contribution in [1.82, 2.24) is 5.32 Å². The number of hydrogen-bond donors (Lipinski definition) is 2. The summed E-state index contributed by atoms with van der Waals surface area (Å²) in [5, 5.41) is 13.7. The highest BCUT2D eigenvalue weighted by Crippen LogP contribution is 2.66. The zero-order chi connectivity index (χ0) is 17.1. The number of aliphatic hydroxyl groups excluding tert-OH is 1. The van der Waals surface area contributed by atoms with Gasteiger partial charge in [0, 0.05) is 6.04 Å². The topological polar surface area (TPSA) is 32.3 Å². The van der Waals surface area contributed by atoms with Gasteiger partial charge in [0.05, 0.1) is 6.10 Å². The van der Waals surface area contributed by atoms with Crippen molar-refractivity contribution in [2.75, 3.05) is 7.05 Å². The molecule has 2 nitrogen and oxygen atoms in total. The van der Waals surface area contributed by atoms with Gasteiger partial charge in [-0.3, -0.25) is 0 Å². The maximum Gasteiger partial charge on any atom is 0.0577 e. The van der Waals surface area contributed by atoms with Crippen molar-refractivity contribution in [2.45, 2.75) is 84.3 Å². The molecule has 3 fully saturated rings.